The number of carbonyl (C=O) groups excluding carboxylic acids is 6. The highest BCUT2D eigenvalue weighted by Gasteiger charge is 2.49. The molecule has 0 saturated carbocycles. The number of hydrogen-bond acceptors (Lipinski definition) is 18. The van der Waals surface area contributed by atoms with Crippen molar-refractivity contribution in [2.75, 3.05) is 79.3 Å². The summed E-state index contributed by atoms with van der Waals surface area (Å²) in [5, 5.41) is 0. The molecule has 3 rings (SSSR count). The van der Waals surface area contributed by atoms with Crippen LogP contribution in [0.15, 0.2) is 0 Å². The van der Waals surface area contributed by atoms with Gasteiger partial charge in [-0.05, 0) is 76.2 Å². The second-order valence-electron chi connectivity index (χ2n) is 17.8. The molecule has 1 atom stereocenters. The monoisotopic (exact) mass is 828 g/mol. The minimum Gasteiger partial charge on any atom is -0.465 e. The molecule has 0 aliphatic carbocycles. The molecular weight excluding hydrogens is 768 g/mol. The van der Waals surface area contributed by atoms with Crippen LogP contribution >= 0.6 is 0 Å². The summed E-state index contributed by atoms with van der Waals surface area (Å²) in [5.41, 5.74) is -7.20. The standard InChI is InChI=1S/C40H60O18/c1-13-15-47-28(42)36(8,17-49-27(41)14-16-48-29(43)38(10)21-53-33(2,3)54-22-38)18-50-30(44)37(9,19-51-31(45)39(11)23-55-34(4,5)56-24-39)20-52-32(46)40(12)25-57-35(6,7)58-26-40/h1H,14-26H2,2-12H3. The van der Waals surface area contributed by atoms with Gasteiger partial charge in [-0.1, -0.05) is 5.92 Å². The zero-order chi connectivity index (χ0) is 43.8. The zero-order valence-electron chi connectivity index (χ0n) is 35.6. The number of ether oxygens (including phenoxy) is 12. The van der Waals surface area contributed by atoms with Crippen molar-refractivity contribution in [2.24, 2.45) is 27.1 Å². The third kappa shape index (κ3) is 13.1. The molecular formula is C40H60O18. The van der Waals surface area contributed by atoms with Gasteiger partial charge in [0.2, 0.25) is 0 Å². The van der Waals surface area contributed by atoms with Gasteiger partial charge in [0.05, 0.1) is 46.1 Å². The molecule has 3 saturated heterocycles. The van der Waals surface area contributed by atoms with Gasteiger partial charge < -0.3 is 56.8 Å². The van der Waals surface area contributed by atoms with Crippen LogP contribution < -0.4 is 0 Å². The third-order valence-electron chi connectivity index (χ3n) is 9.84. The van der Waals surface area contributed by atoms with Crippen molar-refractivity contribution in [3.8, 4) is 12.3 Å². The van der Waals surface area contributed by atoms with Gasteiger partial charge in [-0.3, -0.25) is 28.8 Å². The summed E-state index contributed by atoms with van der Waals surface area (Å²) >= 11 is 0. The summed E-state index contributed by atoms with van der Waals surface area (Å²) in [6.07, 6.45) is 4.90. The van der Waals surface area contributed by atoms with E-state index in [9.17, 15) is 28.8 Å². The van der Waals surface area contributed by atoms with Crippen molar-refractivity contribution in [3.05, 3.63) is 0 Å². The van der Waals surface area contributed by atoms with Crippen LogP contribution in [0, 0.1) is 39.4 Å². The van der Waals surface area contributed by atoms with E-state index in [2.05, 4.69) is 5.92 Å². The lowest BCUT2D eigenvalue weighted by molar-refractivity contribution is -0.282. The second-order valence-corrected chi connectivity index (χ2v) is 17.8. The average molecular weight is 829 g/mol. The van der Waals surface area contributed by atoms with Crippen LogP contribution in [0.3, 0.4) is 0 Å². The Morgan fingerprint density at radius 2 is 0.810 bits per heavy atom. The van der Waals surface area contributed by atoms with Crippen LogP contribution in [-0.2, 0) is 85.6 Å². The molecule has 0 spiro atoms. The molecule has 3 aliphatic rings. The predicted octanol–water partition coefficient (Wildman–Crippen LogP) is 2.65. The fourth-order valence-corrected chi connectivity index (χ4v) is 5.11. The van der Waals surface area contributed by atoms with Crippen LogP contribution in [0.25, 0.3) is 0 Å². The van der Waals surface area contributed by atoms with E-state index in [0.29, 0.717) is 0 Å². The first-order chi connectivity index (χ1) is 26.6. The van der Waals surface area contributed by atoms with Crippen molar-refractivity contribution in [3.63, 3.8) is 0 Å². The number of carbonyl (C=O) groups is 6. The van der Waals surface area contributed by atoms with Gasteiger partial charge in [0.1, 0.15) is 60.1 Å². The first-order valence-corrected chi connectivity index (χ1v) is 18.9. The van der Waals surface area contributed by atoms with Gasteiger partial charge in [-0.25, -0.2) is 0 Å². The second kappa shape index (κ2) is 18.6. The fraction of sp³-hybridized carbons (Fsp3) is 0.800. The van der Waals surface area contributed by atoms with Crippen LogP contribution in [0.2, 0.25) is 0 Å². The summed E-state index contributed by atoms with van der Waals surface area (Å²) in [4.78, 5) is 79.3. The first-order valence-electron chi connectivity index (χ1n) is 18.9. The molecule has 3 fully saturated rings. The van der Waals surface area contributed by atoms with Crippen LogP contribution in [0.4, 0.5) is 0 Å². The SMILES string of the molecule is C#CCOC(=O)C(C)(COC(=O)CCOC(=O)C1(C)COC(C)(C)OC1)COC(=O)C(C)(COC(=O)C1(C)COC(C)(C)OC1)COC(=O)C1(C)COC(C)(C)OC1. The predicted molar refractivity (Wildman–Crippen MR) is 198 cm³/mol. The Balaban J connectivity index is 1.70. The molecule has 3 heterocycles. The molecule has 18 heteroatoms. The Morgan fingerprint density at radius 3 is 1.17 bits per heavy atom. The lowest BCUT2D eigenvalue weighted by Crippen LogP contribution is -2.52. The topological polar surface area (TPSA) is 213 Å². The summed E-state index contributed by atoms with van der Waals surface area (Å²) in [6, 6.07) is 0. The minimum atomic E-state index is -1.84. The van der Waals surface area contributed by atoms with Crippen molar-refractivity contribution >= 4 is 35.8 Å². The Hall–Kier alpha value is -3.86. The summed E-state index contributed by atoms with van der Waals surface area (Å²) in [7, 11) is 0. The molecule has 18 nitrogen and oxygen atoms in total. The molecule has 1 unspecified atom stereocenters. The normalized spacial score (nSPS) is 22.4. The fourth-order valence-electron chi connectivity index (χ4n) is 5.11. The summed E-state index contributed by atoms with van der Waals surface area (Å²) in [6.45, 7) is 14.2. The molecule has 0 aromatic carbocycles. The molecule has 3 aliphatic heterocycles. The van der Waals surface area contributed by atoms with Gasteiger partial charge in [0.15, 0.2) is 24.0 Å². The minimum absolute atomic E-state index is 0.0370. The summed E-state index contributed by atoms with van der Waals surface area (Å²) < 4.78 is 66.3. The maximum absolute atomic E-state index is 13.9. The lowest BCUT2D eigenvalue weighted by atomic mass is 9.89. The van der Waals surface area contributed by atoms with Gasteiger partial charge >= 0.3 is 35.8 Å². The number of hydrogen-bond donors (Lipinski definition) is 0. The zero-order valence-corrected chi connectivity index (χ0v) is 35.6. The lowest BCUT2D eigenvalue weighted by Gasteiger charge is -2.40. The van der Waals surface area contributed by atoms with E-state index in [1.807, 2.05) is 0 Å². The van der Waals surface area contributed by atoms with Crippen LogP contribution in [0.1, 0.15) is 82.6 Å². The van der Waals surface area contributed by atoms with Crippen molar-refractivity contribution in [2.45, 2.75) is 99.9 Å². The Kier molecular flexibility index (Phi) is 15.6. The third-order valence-corrected chi connectivity index (χ3v) is 9.84. The number of terminal acetylenes is 1. The first kappa shape index (κ1) is 48.5. The maximum Gasteiger partial charge on any atom is 0.319 e. The van der Waals surface area contributed by atoms with Gasteiger partial charge in [-0.2, -0.15) is 0 Å². The van der Waals surface area contributed by atoms with Crippen molar-refractivity contribution < 1.29 is 85.6 Å². The van der Waals surface area contributed by atoms with E-state index < -0.39 is 113 Å². The Morgan fingerprint density at radius 1 is 0.500 bits per heavy atom. The molecule has 0 amide bonds. The average Bonchev–Trinajstić information content (AvgIpc) is 3.16. The molecule has 58 heavy (non-hydrogen) atoms. The van der Waals surface area contributed by atoms with Crippen LogP contribution in [-0.4, -0.2) is 132 Å². The Bertz CT molecular complexity index is 1490. The number of rotatable bonds is 17. The van der Waals surface area contributed by atoms with Crippen molar-refractivity contribution in [1.29, 1.82) is 0 Å². The van der Waals surface area contributed by atoms with E-state index in [1.54, 1.807) is 62.3 Å². The highest BCUT2D eigenvalue weighted by atomic mass is 16.7. The van der Waals surface area contributed by atoms with E-state index in [-0.39, 0.29) is 52.7 Å². The molecule has 0 aromatic rings. The van der Waals surface area contributed by atoms with E-state index in [0.717, 1.165) is 0 Å². The van der Waals surface area contributed by atoms with E-state index >= 15 is 0 Å². The van der Waals surface area contributed by atoms with Crippen LogP contribution in [0.5, 0.6) is 0 Å². The van der Waals surface area contributed by atoms with Gasteiger partial charge in [-0.15, -0.1) is 6.42 Å². The summed E-state index contributed by atoms with van der Waals surface area (Å²) in [5.74, 6) is -5.53. The Labute approximate surface area is 339 Å². The molecule has 0 bridgehead atoms. The van der Waals surface area contributed by atoms with E-state index in [1.165, 1.54) is 13.8 Å². The quantitative estimate of drug-likeness (QED) is 0.117. The van der Waals surface area contributed by atoms with Crippen molar-refractivity contribution in [1.82, 2.24) is 0 Å². The molecule has 0 radical (unpaired) electrons. The van der Waals surface area contributed by atoms with E-state index in [4.69, 9.17) is 63.3 Å². The number of esters is 6. The van der Waals surface area contributed by atoms with Gasteiger partial charge in [0.25, 0.3) is 0 Å². The highest BCUT2D eigenvalue weighted by Crippen LogP contribution is 2.35. The van der Waals surface area contributed by atoms with Gasteiger partial charge in [0, 0.05) is 0 Å². The molecule has 0 N–H and O–H groups in total. The largest absolute Gasteiger partial charge is 0.465 e. The molecule has 328 valence electrons. The maximum atomic E-state index is 13.9. The smallest absolute Gasteiger partial charge is 0.319 e. The highest BCUT2D eigenvalue weighted by molar-refractivity contribution is 5.82. The molecule has 0 aromatic heterocycles.